The van der Waals surface area contributed by atoms with Gasteiger partial charge in [0.25, 0.3) is 7.82 Å². The highest BCUT2D eigenvalue weighted by atomic mass is 31.2. The number of aliphatic hydroxyl groups is 1. The van der Waals surface area contributed by atoms with Crippen LogP contribution in [0.15, 0.2) is 72.9 Å². The van der Waals surface area contributed by atoms with Crippen LogP contribution < -0.4 is 10.2 Å². The van der Waals surface area contributed by atoms with Gasteiger partial charge < -0.3 is 28.8 Å². The van der Waals surface area contributed by atoms with Gasteiger partial charge in [0.2, 0.25) is 5.91 Å². The monoisotopic (exact) mass is 1110 g/mol. The van der Waals surface area contributed by atoms with Crippen LogP contribution in [0.3, 0.4) is 0 Å². The summed E-state index contributed by atoms with van der Waals surface area (Å²) < 4.78 is 23.5. The third-order valence-electron chi connectivity index (χ3n) is 15.0. The number of likely N-dealkylation sites (N-methyl/N-ethyl adjacent to an activating group) is 1. The number of phosphoric acid groups is 1. The van der Waals surface area contributed by atoms with Crippen LogP contribution in [0, 0.1) is 0 Å². The number of hydrogen-bond donors (Lipinski definition) is 2. The van der Waals surface area contributed by atoms with Gasteiger partial charge in [-0.2, -0.15) is 0 Å². The predicted octanol–water partition coefficient (Wildman–Crippen LogP) is 20.4. The Hall–Kier alpha value is -2.06. The van der Waals surface area contributed by atoms with Crippen molar-refractivity contribution in [3.8, 4) is 0 Å². The molecule has 0 aliphatic heterocycles. The minimum absolute atomic E-state index is 0.00777. The zero-order valence-corrected chi connectivity index (χ0v) is 53.0. The average Bonchev–Trinajstić information content (AvgIpc) is 3.41. The molecule has 3 unspecified atom stereocenters. The van der Waals surface area contributed by atoms with Crippen LogP contribution in [0.1, 0.15) is 309 Å². The van der Waals surface area contributed by atoms with Gasteiger partial charge in [-0.05, 0) is 64.2 Å². The Balaban J connectivity index is 4.10. The first-order valence-corrected chi connectivity index (χ1v) is 34.7. The number of unbranched alkanes of at least 4 members (excludes halogenated alkanes) is 36. The number of carbonyl (C=O) groups is 1. The van der Waals surface area contributed by atoms with Crippen molar-refractivity contribution >= 4 is 13.7 Å². The highest BCUT2D eigenvalue weighted by Gasteiger charge is 2.24. The maximum Gasteiger partial charge on any atom is 0.268 e. The summed E-state index contributed by atoms with van der Waals surface area (Å²) >= 11 is 0. The van der Waals surface area contributed by atoms with Gasteiger partial charge in [0.05, 0.1) is 39.9 Å². The second-order valence-corrected chi connectivity index (χ2v) is 25.2. The third-order valence-corrected chi connectivity index (χ3v) is 15.9. The first-order valence-electron chi connectivity index (χ1n) is 33.3. The molecule has 0 saturated carbocycles. The molecule has 0 fully saturated rings. The van der Waals surface area contributed by atoms with Gasteiger partial charge in [-0.1, -0.05) is 311 Å². The number of allylic oxidation sites excluding steroid dienone is 12. The number of carbonyl (C=O) groups excluding carboxylic acids is 1. The normalized spacial score (nSPS) is 14.2. The summed E-state index contributed by atoms with van der Waals surface area (Å²) in [7, 11) is 1.30. The van der Waals surface area contributed by atoms with Crippen molar-refractivity contribution in [3.05, 3.63) is 72.9 Å². The van der Waals surface area contributed by atoms with E-state index in [0.29, 0.717) is 23.9 Å². The maximum atomic E-state index is 13.0. The Morgan fingerprint density at radius 2 is 0.782 bits per heavy atom. The SMILES string of the molecule is CC/C=C\C/C=C\C/C=C\C/C=C\C/C=C\C/C=C\CCCCCCCCCCC(=O)NC(COP(=O)([O-])OCC[N+](C)(C)C)C(O)CCCCCCCCCCCCCCCCCCCCCCCCCCCCCCC. The van der Waals surface area contributed by atoms with Crippen molar-refractivity contribution in [3.63, 3.8) is 0 Å². The van der Waals surface area contributed by atoms with Gasteiger partial charge in [0.1, 0.15) is 13.2 Å². The van der Waals surface area contributed by atoms with Crippen molar-refractivity contribution in [2.75, 3.05) is 40.9 Å². The number of nitrogens with zero attached hydrogens (tertiary/aromatic N) is 1. The van der Waals surface area contributed by atoms with Gasteiger partial charge in [-0.25, -0.2) is 0 Å². The van der Waals surface area contributed by atoms with E-state index in [9.17, 15) is 19.4 Å². The lowest BCUT2D eigenvalue weighted by Gasteiger charge is -2.30. The molecule has 0 aromatic carbocycles. The molecule has 0 aliphatic rings. The Kier molecular flexibility index (Phi) is 58.0. The molecular formula is C69H129N2O6P. The number of phosphoric ester groups is 1. The third kappa shape index (κ3) is 61.6. The fourth-order valence-corrected chi connectivity index (χ4v) is 10.5. The summed E-state index contributed by atoms with van der Waals surface area (Å²) in [6, 6.07) is -0.812. The molecule has 456 valence electrons. The van der Waals surface area contributed by atoms with E-state index in [1.54, 1.807) is 0 Å². The smallest absolute Gasteiger partial charge is 0.268 e. The molecule has 9 heteroatoms. The molecule has 8 nitrogen and oxygen atoms in total. The zero-order chi connectivity index (χ0) is 57.0. The molecule has 78 heavy (non-hydrogen) atoms. The molecule has 0 saturated heterocycles. The second-order valence-electron chi connectivity index (χ2n) is 23.8. The van der Waals surface area contributed by atoms with E-state index in [-0.39, 0.29) is 19.1 Å². The van der Waals surface area contributed by atoms with E-state index in [4.69, 9.17) is 9.05 Å². The number of rotatable bonds is 61. The highest BCUT2D eigenvalue weighted by molar-refractivity contribution is 7.45. The first-order chi connectivity index (χ1) is 38.0. The Morgan fingerprint density at radius 1 is 0.462 bits per heavy atom. The molecule has 0 bridgehead atoms. The van der Waals surface area contributed by atoms with E-state index < -0.39 is 20.0 Å². The van der Waals surface area contributed by atoms with E-state index in [1.165, 1.54) is 199 Å². The molecular weight excluding hydrogens is 984 g/mol. The van der Waals surface area contributed by atoms with Gasteiger partial charge >= 0.3 is 0 Å². The summed E-state index contributed by atoms with van der Waals surface area (Å²) in [5.41, 5.74) is 0. The van der Waals surface area contributed by atoms with Crippen LogP contribution >= 0.6 is 7.82 Å². The van der Waals surface area contributed by atoms with Gasteiger partial charge in [-0.15, -0.1) is 0 Å². The lowest BCUT2D eigenvalue weighted by molar-refractivity contribution is -0.870. The van der Waals surface area contributed by atoms with Crippen LogP contribution in [0.5, 0.6) is 0 Å². The summed E-state index contributed by atoms with van der Waals surface area (Å²) in [6.07, 6.45) is 82.5. The van der Waals surface area contributed by atoms with E-state index in [0.717, 1.165) is 83.5 Å². The number of aliphatic hydroxyl groups excluding tert-OH is 1. The lowest BCUT2D eigenvalue weighted by Crippen LogP contribution is -2.46. The molecule has 0 radical (unpaired) electrons. The highest BCUT2D eigenvalue weighted by Crippen LogP contribution is 2.38. The van der Waals surface area contributed by atoms with Gasteiger partial charge in [0.15, 0.2) is 0 Å². The molecule has 0 aromatic rings. The first kappa shape index (κ1) is 75.9. The molecule has 0 heterocycles. The predicted molar refractivity (Wildman–Crippen MR) is 339 cm³/mol. The minimum Gasteiger partial charge on any atom is -0.756 e. The Labute approximate surface area is 484 Å². The lowest BCUT2D eigenvalue weighted by atomic mass is 10.0. The molecule has 0 rings (SSSR count). The average molecular weight is 1110 g/mol. The number of amides is 1. The van der Waals surface area contributed by atoms with E-state index in [1.807, 2.05) is 21.1 Å². The summed E-state index contributed by atoms with van der Waals surface area (Å²) in [5, 5.41) is 14.1. The standard InChI is InChI=1S/C69H129N2O6P/c1-6-8-10-12-14-16-18-20-22-24-26-28-30-32-34-35-37-38-40-42-44-46-48-50-52-54-56-58-60-62-68(72)67(66-77-78(74,75)76-65-64-71(3,4)5)70-69(73)63-61-59-57-55-53-51-49-47-45-43-41-39-36-33-31-29-27-25-23-21-19-17-15-13-11-9-7-2/h9,11,15,17,21,23,27,29,33,36,41,43,67-68,72H,6-8,10,12-14,16,18-20,22,24-26,28,30-32,34-35,37-40,42,44-66H2,1-5H3,(H-,70,73,74,75)/b11-9-,17-15-,23-21-,29-27-,36-33-,43-41-. The quantitative estimate of drug-likeness (QED) is 0.0272. The van der Waals surface area contributed by atoms with Crippen molar-refractivity contribution in [2.24, 2.45) is 0 Å². The number of quaternary nitrogens is 1. The maximum absolute atomic E-state index is 13.0. The fourth-order valence-electron chi connectivity index (χ4n) is 9.81. The largest absolute Gasteiger partial charge is 0.756 e. The summed E-state index contributed by atoms with van der Waals surface area (Å²) in [4.78, 5) is 25.6. The van der Waals surface area contributed by atoms with Crippen molar-refractivity contribution in [2.45, 2.75) is 321 Å². The molecule has 0 aliphatic carbocycles. The van der Waals surface area contributed by atoms with Crippen molar-refractivity contribution in [1.29, 1.82) is 0 Å². The Bertz CT molecular complexity index is 1500. The van der Waals surface area contributed by atoms with Crippen LogP contribution in [0.25, 0.3) is 0 Å². The van der Waals surface area contributed by atoms with E-state index in [2.05, 4.69) is 92.1 Å². The van der Waals surface area contributed by atoms with Crippen molar-refractivity contribution < 1.29 is 32.9 Å². The fraction of sp³-hybridized carbons (Fsp3) is 0.812. The molecule has 2 N–H and O–H groups in total. The summed E-state index contributed by atoms with van der Waals surface area (Å²) in [6.45, 7) is 4.63. The van der Waals surface area contributed by atoms with Crippen LogP contribution in [0.4, 0.5) is 0 Å². The number of nitrogens with one attached hydrogen (secondary N) is 1. The van der Waals surface area contributed by atoms with Crippen LogP contribution in [0.2, 0.25) is 0 Å². The minimum atomic E-state index is -4.59. The van der Waals surface area contributed by atoms with Gasteiger partial charge in [0, 0.05) is 6.42 Å². The molecule has 0 aromatic heterocycles. The zero-order valence-electron chi connectivity index (χ0n) is 52.1. The van der Waals surface area contributed by atoms with Crippen molar-refractivity contribution in [1.82, 2.24) is 5.32 Å². The topological polar surface area (TPSA) is 108 Å². The molecule has 3 atom stereocenters. The van der Waals surface area contributed by atoms with Gasteiger partial charge in [-0.3, -0.25) is 9.36 Å². The molecule has 0 spiro atoms. The van der Waals surface area contributed by atoms with E-state index >= 15 is 0 Å². The number of hydrogen-bond acceptors (Lipinski definition) is 6. The molecule has 1 amide bonds. The van der Waals surface area contributed by atoms with Crippen LogP contribution in [-0.4, -0.2) is 68.5 Å². The summed E-state index contributed by atoms with van der Waals surface area (Å²) in [5.74, 6) is -0.172. The van der Waals surface area contributed by atoms with Crippen LogP contribution in [-0.2, 0) is 18.4 Å². The second kappa shape index (κ2) is 59.6. The Morgan fingerprint density at radius 3 is 1.14 bits per heavy atom.